The normalized spacial score (nSPS) is 20.6. The molecule has 1 amide bonds. The van der Waals surface area contributed by atoms with E-state index in [-0.39, 0.29) is 17.8 Å². The summed E-state index contributed by atoms with van der Waals surface area (Å²) in [7, 11) is 0. The molecule has 6 nitrogen and oxygen atoms in total. The summed E-state index contributed by atoms with van der Waals surface area (Å²) in [6.45, 7) is 2.11. The van der Waals surface area contributed by atoms with Gasteiger partial charge in [0.25, 0.3) is 0 Å². The molecule has 1 saturated heterocycles. The number of hydrogen-bond acceptors (Lipinski definition) is 4. The van der Waals surface area contributed by atoms with E-state index in [1.165, 1.54) is 12.1 Å². The first-order valence-corrected chi connectivity index (χ1v) is 8.93. The predicted molar refractivity (Wildman–Crippen MR) is 91.6 cm³/mol. The third kappa shape index (κ3) is 3.28. The van der Waals surface area contributed by atoms with Crippen LogP contribution in [0, 0.1) is 5.82 Å². The fourth-order valence-corrected chi connectivity index (χ4v) is 3.68. The number of fused-ring (bicyclic) bond motifs is 1. The van der Waals surface area contributed by atoms with Gasteiger partial charge in [-0.1, -0.05) is 6.07 Å². The van der Waals surface area contributed by atoms with Crippen LogP contribution >= 0.6 is 0 Å². The first-order valence-electron chi connectivity index (χ1n) is 8.93. The molecule has 0 unspecified atom stereocenters. The maximum Gasteiger partial charge on any atom is 0.244 e. The highest BCUT2D eigenvalue weighted by Crippen LogP contribution is 2.22. The number of piperidine rings is 1. The lowest BCUT2D eigenvalue weighted by Gasteiger charge is -2.32. The number of hydrogen-bond donors (Lipinski definition) is 1. The van der Waals surface area contributed by atoms with Crippen LogP contribution in [0.15, 0.2) is 24.3 Å². The number of aryl methyl sites for hydroxylation is 1. The van der Waals surface area contributed by atoms with Crippen molar-refractivity contribution in [3.63, 3.8) is 0 Å². The lowest BCUT2D eigenvalue weighted by Crippen LogP contribution is -2.50. The molecule has 1 fully saturated rings. The molecule has 1 aromatic carbocycles. The molecule has 132 valence electrons. The van der Waals surface area contributed by atoms with Gasteiger partial charge >= 0.3 is 0 Å². The second kappa shape index (κ2) is 6.92. The van der Waals surface area contributed by atoms with Crippen LogP contribution in [0.2, 0.25) is 0 Å². The van der Waals surface area contributed by atoms with Gasteiger partial charge in [0.1, 0.15) is 17.5 Å². The molecule has 0 spiro atoms. The van der Waals surface area contributed by atoms with Gasteiger partial charge in [0.05, 0.1) is 12.6 Å². The van der Waals surface area contributed by atoms with Crippen molar-refractivity contribution in [3.05, 3.63) is 41.7 Å². The van der Waals surface area contributed by atoms with Crippen molar-refractivity contribution in [1.82, 2.24) is 20.1 Å². The van der Waals surface area contributed by atoms with Gasteiger partial charge in [-0.05, 0) is 43.9 Å². The van der Waals surface area contributed by atoms with Crippen LogP contribution in [0.3, 0.4) is 0 Å². The van der Waals surface area contributed by atoms with Gasteiger partial charge in [0.2, 0.25) is 5.91 Å². The average molecular weight is 343 g/mol. The molecular formula is C18H22FN5O. The Hall–Kier alpha value is -2.28. The molecule has 0 bridgehead atoms. The summed E-state index contributed by atoms with van der Waals surface area (Å²) >= 11 is 0. The van der Waals surface area contributed by atoms with Crippen molar-refractivity contribution in [3.8, 4) is 0 Å². The molecule has 4 rings (SSSR count). The maximum atomic E-state index is 13.5. The minimum Gasteiger partial charge on any atom is -0.314 e. The van der Waals surface area contributed by atoms with Crippen molar-refractivity contribution in [2.45, 2.75) is 51.2 Å². The van der Waals surface area contributed by atoms with Crippen molar-refractivity contribution in [1.29, 1.82) is 0 Å². The van der Waals surface area contributed by atoms with E-state index < -0.39 is 0 Å². The Bertz CT molecular complexity index is 775. The van der Waals surface area contributed by atoms with Crippen molar-refractivity contribution < 1.29 is 9.18 Å². The van der Waals surface area contributed by atoms with Crippen LogP contribution in [-0.2, 0) is 24.3 Å². The van der Waals surface area contributed by atoms with Gasteiger partial charge in [-0.2, -0.15) is 0 Å². The first-order chi connectivity index (χ1) is 12.2. The Morgan fingerprint density at radius 2 is 2.12 bits per heavy atom. The maximum absolute atomic E-state index is 13.5. The number of halogens is 1. The van der Waals surface area contributed by atoms with Gasteiger partial charge in [-0.3, -0.25) is 10.1 Å². The number of aromatic nitrogens is 3. The molecule has 0 saturated carbocycles. The molecule has 25 heavy (non-hydrogen) atoms. The Kier molecular flexibility index (Phi) is 4.48. The summed E-state index contributed by atoms with van der Waals surface area (Å²) in [6, 6.07) is 5.95. The minimum absolute atomic E-state index is 0.00441. The monoisotopic (exact) mass is 343 g/mol. The summed E-state index contributed by atoms with van der Waals surface area (Å²) in [5.41, 5.74) is 0.622. The quantitative estimate of drug-likeness (QED) is 0.923. The molecule has 7 heteroatoms. The third-order valence-electron chi connectivity index (χ3n) is 5.00. The van der Waals surface area contributed by atoms with Crippen molar-refractivity contribution >= 4 is 11.6 Å². The smallest absolute Gasteiger partial charge is 0.244 e. The number of nitrogens with one attached hydrogen (secondary N) is 1. The Balaban J connectivity index is 1.44. The van der Waals surface area contributed by atoms with E-state index in [0.29, 0.717) is 18.8 Å². The molecule has 1 aromatic heterocycles. The first kappa shape index (κ1) is 16.2. The molecule has 1 atom stereocenters. The van der Waals surface area contributed by atoms with Gasteiger partial charge in [0.15, 0.2) is 0 Å². The number of carbonyl (C=O) groups is 1. The second-order valence-corrected chi connectivity index (χ2v) is 6.69. The van der Waals surface area contributed by atoms with E-state index in [4.69, 9.17) is 0 Å². The summed E-state index contributed by atoms with van der Waals surface area (Å²) < 4.78 is 15.6. The van der Waals surface area contributed by atoms with E-state index in [1.807, 2.05) is 0 Å². The van der Waals surface area contributed by atoms with E-state index in [0.717, 1.165) is 50.3 Å². The highest BCUT2D eigenvalue weighted by atomic mass is 19.1. The van der Waals surface area contributed by atoms with E-state index >= 15 is 0 Å². The SMILES string of the molecule is O=C1[C@H](NCc2nnc3n2CCCC3)CCCN1c1cccc(F)c1. The highest BCUT2D eigenvalue weighted by molar-refractivity contribution is 5.97. The fourth-order valence-electron chi connectivity index (χ4n) is 3.68. The number of anilines is 1. The van der Waals surface area contributed by atoms with E-state index in [2.05, 4.69) is 20.1 Å². The Morgan fingerprint density at radius 1 is 1.20 bits per heavy atom. The minimum atomic E-state index is -0.324. The molecule has 3 heterocycles. The van der Waals surface area contributed by atoms with Crippen LogP contribution in [0.4, 0.5) is 10.1 Å². The number of carbonyl (C=O) groups excluding carboxylic acids is 1. The van der Waals surface area contributed by atoms with Crippen molar-refractivity contribution in [2.75, 3.05) is 11.4 Å². The summed E-state index contributed by atoms with van der Waals surface area (Å²) in [5, 5.41) is 11.8. The third-order valence-corrected chi connectivity index (χ3v) is 5.00. The zero-order valence-electron chi connectivity index (χ0n) is 14.1. The predicted octanol–water partition coefficient (Wildman–Crippen LogP) is 2.04. The Morgan fingerprint density at radius 3 is 3.00 bits per heavy atom. The standard InChI is InChI=1S/C18H22FN5O/c19-13-5-3-6-14(11-13)23-10-4-7-15(18(23)25)20-12-17-22-21-16-8-1-2-9-24(16)17/h3,5-6,11,15,20H,1-2,4,7-10,12H2/t15-/m1/s1. The number of rotatable bonds is 4. The number of nitrogens with zero attached hydrogens (tertiary/aromatic N) is 4. The van der Waals surface area contributed by atoms with Crippen LogP contribution in [-0.4, -0.2) is 33.3 Å². The number of amides is 1. The molecule has 1 N–H and O–H groups in total. The average Bonchev–Trinajstić information content (AvgIpc) is 3.04. The van der Waals surface area contributed by atoms with Crippen molar-refractivity contribution in [2.24, 2.45) is 0 Å². The summed E-state index contributed by atoms with van der Waals surface area (Å²) in [5.74, 6) is 1.61. The van der Waals surface area contributed by atoms with Gasteiger partial charge in [-0.25, -0.2) is 4.39 Å². The zero-order chi connectivity index (χ0) is 17.2. The van der Waals surface area contributed by atoms with Gasteiger partial charge < -0.3 is 9.47 Å². The zero-order valence-corrected chi connectivity index (χ0v) is 14.1. The topological polar surface area (TPSA) is 63.1 Å². The molecule has 0 aliphatic carbocycles. The van der Waals surface area contributed by atoms with Crippen LogP contribution in [0.5, 0.6) is 0 Å². The molecule has 2 aliphatic heterocycles. The fraction of sp³-hybridized carbons (Fsp3) is 0.500. The second-order valence-electron chi connectivity index (χ2n) is 6.69. The molecular weight excluding hydrogens is 321 g/mol. The van der Waals surface area contributed by atoms with E-state index in [1.54, 1.807) is 17.0 Å². The largest absolute Gasteiger partial charge is 0.314 e. The lowest BCUT2D eigenvalue weighted by molar-refractivity contribution is -0.121. The molecule has 0 radical (unpaired) electrons. The van der Waals surface area contributed by atoms with Crippen LogP contribution in [0.25, 0.3) is 0 Å². The number of benzene rings is 1. The summed E-state index contributed by atoms with van der Waals surface area (Å²) in [6.07, 6.45) is 4.95. The van der Waals surface area contributed by atoms with Gasteiger partial charge in [-0.15, -0.1) is 10.2 Å². The van der Waals surface area contributed by atoms with Gasteiger partial charge in [0, 0.05) is 25.2 Å². The van der Waals surface area contributed by atoms with Crippen LogP contribution < -0.4 is 10.2 Å². The Labute approximate surface area is 146 Å². The lowest BCUT2D eigenvalue weighted by atomic mass is 10.0. The molecule has 2 aliphatic rings. The molecule has 2 aromatic rings. The highest BCUT2D eigenvalue weighted by Gasteiger charge is 2.30. The van der Waals surface area contributed by atoms with E-state index in [9.17, 15) is 9.18 Å². The summed E-state index contributed by atoms with van der Waals surface area (Å²) in [4.78, 5) is 14.5. The van der Waals surface area contributed by atoms with Crippen LogP contribution in [0.1, 0.15) is 37.3 Å².